The fraction of sp³-hybridized carbons (Fsp3) is 1.00. The minimum atomic E-state index is -3.83. The first-order valence-corrected chi connectivity index (χ1v) is 21.1. The van der Waals surface area contributed by atoms with Gasteiger partial charge in [-0.3, -0.25) is 0 Å². The van der Waals surface area contributed by atoms with Gasteiger partial charge in [0.05, 0.1) is 0 Å². The minimum absolute atomic E-state index is 0.314. The SMILES string of the molecule is CCCCCCCCCCCCCCCCNS(=O)(=O)CS(=O)(=O)NCCCCCCCCCCCCCCCC. The second-order valence-electron chi connectivity index (χ2n) is 12.3. The van der Waals surface area contributed by atoms with Gasteiger partial charge in [-0.05, 0) is 12.8 Å². The van der Waals surface area contributed by atoms with E-state index in [0.29, 0.717) is 13.1 Å². The van der Waals surface area contributed by atoms with Crippen LogP contribution in [0.25, 0.3) is 0 Å². The molecule has 8 heteroatoms. The molecular formula is C33H70N2O4S2. The summed E-state index contributed by atoms with van der Waals surface area (Å²) in [6.45, 7) is 5.14. The first-order valence-electron chi connectivity index (χ1n) is 17.8. The van der Waals surface area contributed by atoms with Gasteiger partial charge in [0.15, 0.2) is 5.08 Å². The number of rotatable bonds is 34. The molecule has 2 N–H and O–H groups in total. The summed E-state index contributed by atoms with van der Waals surface area (Å²) in [6, 6.07) is 0. The fourth-order valence-electron chi connectivity index (χ4n) is 5.38. The van der Waals surface area contributed by atoms with E-state index in [4.69, 9.17) is 0 Å². The van der Waals surface area contributed by atoms with Crippen LogP contribution >= 0.6 is 0 Å². The molecule has 248 valence electrons. The molecule has 0 radical (unpaired) electrons. The Labute approximate surface area is 257 Å². The number of unbranched alkanes of at least 4 members (excludes halogenated alkanes) is 26. The molecular weight excluding hydrogens is 553 g/mol. The molecule has 0 saturated heterocycles. The lowest BCUT2D eigenvalue weighted by molar-refractivity contribution is 0.532. The van der Waals surface area contributed by atoms with Crippen LogP contribution in [0.1, 0.15) is 194 Å². The highest BCUT2D eigenvalue weighted by Gasteiger charge is 2.21. The minimum Gasteiger partial charge on any atom is -0.214 e. The van der Waals surface area contributed by atoms with Crippen molar-refractivity contribution in [2.45, 2.75) is 194 Å². The van der Waals surface area contributed by atoms with Gasteiger partial charge in [-0.15, -0.1) is 0 Å². The largest absolute Gasteiger partial charge is 0.227 e. The van der Waals surface area contributed by atoms with E-state index >= 15 is 0 Å². The first-order chi connectivity index (χ1) is 19.8. The molecule has 0 aromatic carbocycles. The third kappa shape index (κ3) is 32.6. The van der Waals surface area contributed by atoms with Gasteiger partial charge in [0.25, 0.3) is 0 Å². The molecule has 0 aliphatic carbocycles. The van der Waals surface area contributed by atoms with Gasteiger partial charge in [0.1, 0.15) is 0 Å². The summed E-state index contributed by atoms with van der Waals surface area (Å²) >= 11 is 0. The highest BCUT2D eigenvalue weighted by molar-refractivity contribution is 8.06. The molecule has 0 atom stereocenters. The second-order valence-corrected chi connectivity index (χ2v) is 16.3. The smallest absolute Gasteiger partial charge is 0.214 e. The second kappa shape index (κ2) is 29.9. The van der Waals surface area contributed by atoms with Crippen LogP contribution in [0.5, 0.6) is 0 Å². The summed E-state index contributed by atoms with van der Waals surface area (Å²) in [5.74, 6) is 0. The zero-order chi connectivity index (χ0) is 30.3. The molecule has 41 heavy (non-hydrogen) atoms. The zero-order valence-corrected chi connectivity index (χ0v) is 29.0. The molecule has 0 unspecified atom stereocenters. The summed E-state index contributed by atoms with van der Waals surface area (Å²) in [5.41, 5.74) is 0. The van der Waals surface area contributed by atoms with E-state index in [1.807, 2.05) is 0 Å². The van der Waals surface area contributed by atoms with Crippen molar-refractivity contribution < 1.29 is 16.8 Å². The van der Waals surface area contributed by atoms with E-state index in [1.54, 1.807) is 0 Å². The molecule has 0 aromatic rings. The number of nitrogens with one attached hydrogen (secondary N) is 2. The van der Waals surface area contributed by atoms with Crippen LogP contribution in [0.2, 0.25) is 0 Å². The van der Waals surface area contributed by atoms with Crippen LogP contribution in [0.4, 0.5) is 0 Å². The maximum absolute atomic E-state index is 12.2. The van der Waals surface area contributed by atoms with E-state index < -0.39 is 25.1 Å². The van der Waals surface area contributed by atoms with Crippen LogP contribution in [0.3, 0.4) is 0 Å². The maximum Gasteiger partial charge on any atom is 0.227 e. The van der Waals surface area contributed by atoms with E-state index in [9.17, 15) is 16.8 Å². The summed E-state index contributed by atoms with van der Waals surface area (Å²) in [7, 11) is -7.66. The Hall–Kier alpha value is -0.180. The summed E-state index contributed by atoms with van der Waals surface area (Å²) in [6.07, 6.45) is 35.0. The van der Waals surface area contributed by atoms with Crippen molar-refractivity contribution in [3.05, 3.63) is 0 Å². The lowest BCUT2D eigenvalue weighted by Crippen LogP contribution is -2.36. The Morgan fingerprint density at radius 1 is 0.317 bits per heavy atom. The lowest BCUT2D eigenvalue weighted by atomic mass is 10.0. The monoisotopic (exact) mass is 622 g/mol. The van der Waals surface area contributed by atoms with Gasteiger partial charge in [0.2, 0.25) is 20.0 Å². The van der Waals surface area contributed by atoms with Crippen LogP contribution in [0, 0.1) is 0 Å². The standard InChI is InChI=1S/C33H70N2O4S2/c1-3-5-7-9-11-13-15-17-19-21-23-25-27-29-31-34-40(36,37)33-41(38,39)35-32-30-28-26-24-22-20-18-16-14-12-10-8-6-4-2/h34-35H,3-33H2,1-2H3. The van der Waals surface area contributed by atoms with Gasteiger partial charge >= 0.3 is 0 Å². The Morgan fingerprint density at radius 2 is 0.512 bits per heavy atom. The van der Waals surface area contributed by atoms with E-state index in [2.05, 4.69) is 23.3 Å². The van der Waals surface area contributed by atoms with Gasteiger partial charge < -0.3 is 0 Å². The van der Waals surface area contributed by atoms with Gasteiger partial charge in [-0.1, -0.05) is 181 Å². The van der Waals surface area contributed by atoms with Crippen LogP contribution in [-0.2, 0) is 20.0 Å². The highest BCUT2D eigenvalue weighted by Crippen LogP contribution is 2.14. The lowest BCUT2D eigenvalue weighted by Gasteiger charge is -2.09. The zero-order valence-electron chi connectivity index (χ0n) is 27.4. The predicted octanol–water partition coefficient (Wildman–Crippen LogP) is 9.75. The number of hydrogen-bond acceptors (Lipinski definition) is 4. The number of sulfonamides is 2. The molecule has 6 nitrogen and oxygen atoms in total. The third-order valence-electron chi connectivity index (χ3n) is 8.01. The highest BCUT2D eigenvalue weighted by atomic mass is 32.3. The quantitative estimate of drug-likeness (QED) is 0.0699. The predicted molar refractivity (Wildman–Crippen MR) is 179 cm³/mol. The molecule has 0 aromatic heterocycles. The molecule has 0 heterocycles. The average Bonchev–Trinajstić information content (AvgIpc) is 2.92. The summed E-state index contributed by atoms with van der Waals surface area (Å²) < 4.78 is 53.8. The van der Waals surface area contributed by atoms with Crippen molar-refractivity contribution in [2.24, 2.45) is 0 Å². The number of hydrogen-bond donors (Lipinski definition) is 2. The third-order valence-corrected chi connectivity index (χ3v) is 11.8. The van der Waals surface area contributed by atoms with Crippen molar-refractivity contribution in [1.82, 2.24) is 9.44 Å². The van der Waals surface area contributed by atoms with Gasteiger partial charge in [-0.2, -0.15) is 0 Å². The van der Waals surface area contributed by atoms with E-state index in [-0.39, 0.29) is 0 Å². The maximum atomic E-state index is 12.2. The normalized spacial score (nSPS) is 12.3. The van der Waals surface area contributed by atoms with E-state index in [0.717, 1.165) is 38.5 Å². The molecule has 0 rings (SSSR count). The van der Waals surface area contributed by atoms with Gasteiger partial charge in [0, 0.05) is 13.1 Å². The molecule has 0 aliphatic heterocycles. The van der Waals surface area contributed by atoms with Crippen molar-refractivity contribution in [2.75, 3.05) is 18.2 Å². The molecule has 0 spiro atoms. The fourth-order valence-corrected chi connectivity index (χ4v) is 8.59. The summed E-state index contributed by atoms with van der Waals surface area (Å²) in [5, 5.41) is -0.878. The Kier molecular flexibility index (Phi) is 29.7. The van der Waals surface area contributed by atoms with Crippen molar-refractivity contribution in [3.8, 4) is 0 Å². The van der Waals surface area contributed by atoms with Crippen LogP contribution < -0.4 is 9.44 Å². The summed E-state index contributed by atoms with van der Waals surface area (Å²) in [4.78, 5) is 0. The van der Waals surface area contributed by atoms with Crippen molar-refractivity contribution in [1.29, 1.82) is 0 Å². The molecule has 0 bridgehead atoms. The topological polar surface area (TPSA) is 92.3 Å². The Bertz CT molecular complexity index is 680. The van der Waals surface area contributed by atoms with Gasteiger partial charge in [-0.25, -0.2) is 26.3 Å². The van der Waals surface area contributed by atoms with Crippen LogP contribution in [-0.4, -0.2) is 35.0 Å². The first kappa shape index (κ1) is 40.8. The Morgan fingerprint density at radius 3 is 0.732 bits per heavy atom. The van der Waals surface area contributed by atoms with Crippen molar-refractivity contribution >= 4 is 20.0 Å². The average molecular weight is 623 g/mol. The van der Waals surface area contributed by atoms with E-state index in [1.165, 1.54) is 141 Å². The molecule has 0 fully saturated rings. The Balaban J connectivity index is 3.56. The molecule has 0 aliphatic rings. The molecule has 0 amide bonds. The van der Waals surface area contributed by atoms with Crippen molar-refractivity contribution in [3.63, 3.8) is 0 Å². The molecule has 0 saturated carbocycles. The van der Waals surface area contributed by atoms with Crippen LogP contribution in [0.15, 0.2) is 0 Å².